The quantitative estimate of drug-likeness (QED) is 0.509. The highest BCUT2D eigenvalue weighted by Crippen LogP contribution is 2.29. The molecule has 0 bridgehead atoms. The molecule has 3 rings (SSSR count). The summed E-state index contributed by atoms with van der Waals surface area (Å²) in [4.78, 5) is 21.1. The molecule has 0 unspecified atom stereocenters. The van der Waals surface area contributed by atoms with E-state index in [1.807, 2.05) is 54.6 Å². The molecule has 1 heterocycles. The van der Waals surface area contributed by atoms with Crippen LogP contribution in [-0.2, 0) is 0 Å². The summed E-state index contributed by atoms with van der Waals surface area (Å²) in [6.07, 6.45) is 1.32. The summed E-state index contributed by atoms with van der Waals surface area (Å²) in [7, 11) is 0. The number of aromatic amines is 2. The molecule has 0 radical (unpaired) electrons. The fourth-order valence-corrected chi connectivity index (χ4v) is 2.38. The van der Waals surface area contributed by atoms with Crippen molar-refractivity contribution in [3.63, 3.8) is 0 Å². The predicted molar refractivity (Wildman–Crippen MR) is 93.0 cm³/mol. The summed E-state index contributed by atoms with van der Waals surface area (Å²) in [6.45, 7) is 0. The van der Waals surface area contributed by atoms with Crippen molar-refractivity contribution in [2.24, 2.45) is 4.99 Å². The van der Waals surface area contributed by atoms with Crippen LogP contribution in [0, 0.1) is 4.77 Å². The molecule has 0 saturated carbocycles. The standard InChI is InChI=1S/C17H13N3O2S/c21-15-13(16(22)20-17(23)19-15)10-18-14-9-5-4-8-12(14)11-6-2-1-3-7-11/h1-10H,(H3,19,20,21,22,23). The highest BCUT2D eigenvalue weighted by atomic mass is 32.1. The van der Waals surface area contributed by atoms with Gasteiger partial charge in [0.05, 0.1) is 5.69 Å². The Balaban J connectivity index is 2.05. The summed E-state index contributed by atoms with van der Waals surface area (Å²) in [5.41, 5.74) is 2.18. The number of benzene rings is 2. The predicted octanol–water partition coefficient (Wildman–Crippen LogP) is 3.56. The number of H-pyrrole nitrogens is 2. The number of hydrogen-bond acceptors (Lipinski definition) is 4. The lowest BCUT2D eigenvalue weighted by Gasteiger charge is -2.05. The Kier molecular flexibility index (Phi) is 4.16. The van der Waals surface area contributed by atoms with Crippen LogP contribution in [-0.4, -0.2) is 21.3 Å². The molecule has 0 saturated heterocycles. The smallest absolute Gasteiger partial charge is 0.264 e. The topological polar surface area (TPSA) is 81.2 Å². The van der Waals surface area contributed by atoms with E-state index < -0.39 is 5.56 Å². The molecule has 0 spiro atoms. The number of nitrogens with one attached hydrogen (secondary N) is 2. The van der Waals surface area contributed by atoms with E-state index in [1.165, 1.54) is 6.21 Å². The molecule has 3 N–H and O–H groups in total. The summed E-state index contributed by atoms with van der Waals surface area (Å²) in [5, 5.41) is 9.80. The van der Waals surface area contributed by atoms with E-state index in [9.17, 15) is 9.90 Å². The summed E-state index contributed by atoms with van der Waals surface area (Å²) < 4.78 is 0.0642. The SMILES string of the molecule is O=c1[nH]c(=S)[nH]c(O)c1C=Nc1ccccc1-c1ccccc1. The number of rotatable bonds is 3. The molecule has 2 aromatic carbocycles. The zero-order valence-electron chi connectivity index (χ0n) is 12.0. The van der Waals surface area contributed by atoms with Crippen LogP contribution < -0.4 is 5.56 Å². The molecule has 0 atom stereocenters. The van der Waals surface area contributed by atoms with Crippen molar-refractivity contribution < 1.29 is 5.11 Å². The van der Waals surface area contributed by atoms with Gasteiger partial charge in [-0.1, -0.05) is 48.5 Å². The van der Waals surface area contributed by atoms with E-state index in [-0.39, 0.29) is 16.2 Å². The summed E-state index contributed by atoms with van der Waals surface area (Å²) >= 11 is 4.79. The first-order chi connectivity index (χ1) is 11.1. The molecule has 0 amide bonds. The number of aromatic hydroxyl groups is 1. The first kappa shape index (κ1) is 14.9. The van der Waals surface area contributed by atoms with Crippen LogP contribution in [0.15, 0.2) is 64.4 Å². The van der Waals surface area contributed by atoms with E-state index in [0.29, 0.717) is 5.69 Å². The van der Waals surface area contributed by atoms with Gasteiger partial charge in [-0.05, 0) is 23.8 Å². The lowest BCUT2D eigenvalue weighted by molar-refractivity contribution is 0.449. The fraction of sp³-hybridized carbons (Fsp3) is 0. The Labute approximate surface area is 137 Å². The van der Waals surface area contributed by atoms with Crippen LogP contribution in [0.5, 0.6) is 5.88 Å². The Bertz CT molecular complexity index is 975. The van der Waals surface area contributed by atoms with Crippen molar-refractivity contribution >= 4 is 24.1 Å². The van der Waals surface area contributed by atoms with Gasteiger partial charge in [0.15, 0.2) is 4.77 Å². The number of para-hydroxylation sites is 1. The normalized spacial score (nSPS) is 11.0. The number of aliphatic imine (C=N–C) groups is 1. The minimum Gasteiger partial charge on any atom is -0.494 e. The van der Waals surface area contributed by atoms with Gasteiger partial charge in [-0.2, -0.15) is 0 Å². The van der Waals surface area contributed by atoms with Crippen molar-refractivity contribution in [3.8, 4) is 17.0 Å². The first-order valence-electron chi connectivity index (χ1n) is 6.89. The second-order valence-corrected chi connectivity index (χ2v) is 5.22. The number of aromatic nitrogens is 2. The molecule has 0 aliphatic heterocycles. The van der Waals surface area contributed by atoms with E-state index in [4.69, 9.17) is 12.2 Å². The molecule has 114 valence electrons. The lowest BCUT2D eigenvalue weighted by atomic mass is 10.0. The van der Waals surface area contributed by atoms with Gasteiger partial charge >= 0.3 is 0 Å². The van der Waals surface area contributed by atoms with Crippen molar-refractivity contribution in [2.75, 3.05) is 0 Å². The Hall–Kier alpha value is -2.99. The van der Waals surface area contributed by atoms with Crippen LogP contribution in [0.4, 0.5) is 5.69 Å². The van der Waals surface area contributed by atoms with Crippen LogP contribution >= 0.6 is 12.2 Å². The molecule has 0 aliphatic rings. The Morgan fingerprint density at radius 1 is 1.00 bits per heavy atom. The zero-order valence-corrected chi connectivity index (χ0v) is 12.8. The molecule has 3 aromatic rings. The van der Waals surface area contributed by atoms with Crippen molar-refractivity contribution in [2.45, 2.75) is 0 Å². The van der Waals surface area contributed by atoms with E-state index >= 15 is 0 Å². The first-order valence-corrected chi connectivity index (χ1v) is 7.30. The molecule has 6 heteroatoms. The molecule has 0 fully saturated rings. The maximum Gasteiger partial charge on any atom is 0.264 e. The average molecular weight is 323 g/mol. The van der Waals surface area contributed by atoms with Gasteiger partial charge in [0, 0.05) is 11.8 Å². The summed E-state index contributed by atoms with van der Waals surface area (Å²) in [6, 6.07) is 17.4. The largest absolute Gasteiger partial charge is 0.494 e. The van der Waals surface area contributed by atoms with Crippen molar-refractivity contribution in [3.05, 3.63) is 75.3 Å². The van der Waals surface area contributed by atoms with Gasteiger partial charge < -0.3 is 10.1 Å². The third-order valence-corrected chi connectivity index (χ3v) is 3.48. The molecule has 23 heavy (non-hydrogen) atoms. The van der Waals surface area contributed by atoms with Crippen molar-refractivity contribution in [1.29, 1.82) is 0 Å². The van der Waals surface area contributed by atoms with Crippen LogP contribution in [0.25, 0.3) is 11.1 Å². The molecule has 5 nitrogen and oxygen atoms in total. The zero-order chi connectivity index (χ0) is 16.2. The van der Waals surface area contributed by atoms with Gasteiger partial charge in [-0.3, -0.25) is 14.8 Å². The Morgan fingerprint density at radius 3 is 2.43 bits per heavy atom. The van der Waals surface area contributed by atoms with Crippen molar-refractivity contribution in [1.82, 2.24) is 9.97 Å². The maximum atomic E-state index is 11.8. The third-order valence-electron chi connectivity index (χ3n) is 3.28. The van der Waals surface area contributed by atoms with Crippen LogP contribution in [0.2, 0.25) is 0 Å². The maximum absolute atomic E-state index is 11.8. The van der Waals surface area contributed by atoms with Gasteiger partial charge in [0.25, 0.3) is 5.56 Å². The van der Waals surface area contributed by atoms with Gasteiger partial charge in [-0.25, -0.2) is 0 Å². The summed E-state index contributed by atoms with van der Waals surface area (Å²) in [5.74, 6) is -0.306. The monoisotopic (exact) mass is 323 g/mol. The van der Waals surface area contributed by atoms with Crippen LogP contribution in [0.3, 0.4) is 0 Å². The van der Waals surface area contributed by atoms with E-state index in [1.54, 1.807) is 0 Å². The highest BCUT2D eigenvalue weighted by molar-refractivity contribution is 7.71. The lowest BCUT2D eigenvalue weighted by Crippen LogP contribution is -2.13. The minimum absolute atomic E-state index is 0.0291. The number of nitrogens with zero attached hydrogens (tertiary/aromatic N) is 1. The van der Waals surface area contributed by atoms with Gasteiger partial charge in [0.2, 0.25) is 5.88 Å². The molecule has 0 aliphatic carbocycles. The second-order valence-electron chi connectivity index (χ2n) is 4.81. The van der Waals surface area contributed by atoms with Gasteiger partial charge in [0.1, 0.15) is 5.56 Å². The molecular formula is C17H13N3O2S. The average Bonchev–Trinajstić information content (AvgIpc) is 2.55. The van der Waals surface area contributed by atoms with E-state index in [0.717, 1.165) is 11.1 Å². The fourth-order valence-electron chi connectivity index (χ4n) is 2.19. The third kappa shape index (κ3) is 3.27. The minimum atomic E-state index is -0.493. The van der Waals surface area contributed by atoms with E-state index in [2.05, 4.69) is 15.0 Å². The highest BCUT2D eigenvalue weighted by Gasteiger charge is 2.06. The number of hydrogen-bond donors (Lipinski definition) is 3. The van der Waals surface area contributed by atoms with Gasteiger partial charge in [-0.15, -0.1) is 0 Å². The molecular weight excluding hydrogens is 310 g/mol. The molecule has 1 aromatic heterocycles. The Morgan fingerprint density at radius 2 is 1.70 bits per heavy atom. The second kappa shape index (κ2) is 6.41. The van der Waals surface area contributed by atoms with Crippen LogP contribution in [0.1, 0.15) is 5.56 Å².